The Balaban J connectivity index is 1.35. The molecule has 2 aromatic heterocycles. The number of aromatic nitrogens is 5. The molecule has 0 aromatic carbocycles. The molecule has 29 heavy (non-hydrogen) atoms. The maximum Gasteiger partial charge on any atom is 0.226 e. The molecular formula is C22H34N6O. The van der Waals surface area contributed by atoms with Crippen molar-refractivity contribution >= 4 is 5.95 Å². The van der Waals surface area contributed by atoms with Gasteiger partial charge in [-0.3, -0.25) is 4.68 Å². The molecular weight excluding hydrogens is 364 g/mol. The van der Waals surface area contributed by atoms with Gasteiger partial charge in [-0.15, -0.1) is 10.2 Å². The number of aryl methyl sites for hydroxylation is 1. The zero-order valence-electron chi connectivity index (χ0n) is 17.9. The van der Waals surface area contributed by atoms with Gasteiger partial charge in [0.15, 0.2) is 0 Å². The van der Waals surface area contributed by atoms with Gasteiger partial charge in [0.1, 0.15) is 11.9 Å². The van der Waals surface area contributed by atoms with Crippen LogP contribution in [0.5, 0.6) is 0 Å². The molecule has 0 N–H and O–H groups in total. The number of piperidine rings is 1. The first kappa shape index (κ1) is 19.1. The van der Waals surface area contributed by atoms with Gasteiger partial charge >= 0.3 is 0 Å². The first-order valence-electron chi connectivity index (χ1n) is 11.4. The van der Waals surface area contributed by atoms with Crippen LogP contribution in [0.3, 0.4) is 0 Å². The van der Waals surface area contributed by atoms with E-state index >= 15 is 0 Å². The van der Waals surface area contributed by atoms with E-state index in [1.165, 1.54) is 44.9 Å². The Labute approximate surface area is 173 Å². The standard InChI is InChI=1S/C22H34N6O/c1-26-20(17-7-6-16-29-19(17)18-8-13-23-27(18)2)24-25-21(26)28-14-11-22(12-15-28)9-4-3-5-10-22/h8,13,17,19H,3-7,9-12,14-16H2,1-2H3/t17-,19-/m1/s1. The smallest absolute Gasteiger partial charge is 0.226 e. The molecule has 2 atom stereocenters. The van der Waals surface area contributed by atoms with Crippen molar-refractivity contribution in [3.8, 4) is 0 Å². The van der Waals surface area contributed by atoms with E-state index in [0.29, 0.717) is 5.41 Å². The molecule has 3 fully saturated rings. The van der Waals surface area contributed by atoms with Gasteiger partial charge in [0.25, 0.3) is 0 Å². The van der Waals surface area contributed by atoms with Gasteiger partial charge in [-0.2, -0.15) is 5.10 Å². The second kappa shape index (κ2) is 7.74. The van der Waals surface area contributed by atoms with Crippen molar-refractivity contribution in [2.75, 3.05) is 24.6 Å². The van der Waals surface area contributed by atoms with Crippen molar-refractivity contribution in [2.45, 2.75) is 69.8 Å². The fourth-order valence-corrected chi connectivity index (χ4v) is 5.91. The van der Waals surface area contributed by atoms with Crippen LogP contribution in [0.4, 0.5) is 5.95 Å². The maximum atomic E-state index is 6.20. The van der Waals surface area contributed by atoms with Crippen LogP contribution in [-0.4, -0.2) is 44.2 Å². The van der Waals surface area contributed by atoms with Crippen molar-refractivity contribution in [3.63, 3.8) is 0 Å². The summed E-state index contributed by atoms with van der Waals surface area (Å²) < 4.78 is 10.3. The minimum atomic E-state index is -0.00105. The summed E-state index contributed by atoms with van der Waals surface area (Å²) in [5, 5.41) is 13.7. The lowest BCUT2D eigenvalue weighted by molar-refractivity contribution is -0.00988. The minimum Gasteiger partial charge on any atom is -0.371 e. The van der Waals surface area contributed by atoms with Crippen molar-refractivity contribution < 1.29 is 4.74 Å². The predicted molar refractivity (Wildman–Crippen MR) is 112 cm³/mol. The van der Waals surface area contributed by atoms with Gasteiger partial charge in [-0.05, 0) is 50.0 Å². The molecule has 2 aliphatic heterocycles. The Bertz CT molecular complexity index is 826. The Hall–Kier alpha value is -1.89. The molecule has 2 saturated heterocycles. The zero-order chi connectivity index (χ0) is 19.8. The first-order valence-corrected chi connectivity index (χ1v) is 11.4. The first-order chi connectivity index (χ1) is 14.2. The van der Waals surface area contributed by atoms with Gasteiger partial charge in [0.05, 0.1) is 11.6 Å². The lowest BCUT2D eigenvalue weighted by Gasteiger charge is -2.44. The number of anilines is 1. The van der Waals surface area contributed by atoms with Gasteiger partial charge in [-0.25, -0.2) is 0 Å². The fraction of sp³-hybridized carbons (Fsp3) is 0.773. The molecule has 1 saturated carbocycles. The summed E-state index contributed by atoms with van der Waals surface area (Å²) in [7, 11) is 4.12. The molecule has 5 rings (SSSR count). The number of hydrogen-bond acceptors (Lipinski definition) is 5. The summed E-state index contributed by atoms with van der Waals surface area (Å²) in [6.45, 7) is 3.02. The second-order valence-corrected chi connectivity index (χ2v) is 9.38. The van der Waals surface area contributed by atoms with Gasteiger partial charge in [0, 0.05) is 40.0 Å². The van der Waals surface area contributed by atoms with Crippen molar-refractivity contribution in [1.82, 2.24) is 24.5 Å². The van der Waals surface area contributed by atoms with E-state index in [9.17, 15) is 0 Å². The SMILES string of the molecule is Cn1nccc1[C@@H]1OCCC[C@H]1c1nnc(N2CCC3(CCCCC3)CC2)n1C. The van der Waals surface area contributed by atoms with Crippen molar-refractivity contribution in [3.05, 3.63) is 23.8 Å². The van der Waals surface area contributed by atoms with Crippen LogP contribution in [-0.2, 0) is 18.8 Å². The minimum absolute atomic E-state index is 0.00105. The summed E-state index contributed by atoms with van der Waals surface area (Å²) in [5.41, 5.74) is 1.73. The Morgan fingerprint density at radius 1 is 1.00 bits per heavy atom. The Morgan fingerprint density at radius 2 is 1.79 bits per heavy atom. The lowest BCUT2D eigenvalue weighted by atomic mass is 9.68. The molecule has 0 bridgehead atoms. The van der Waals surface area contributed by atoms with Crippen molar-refractivity contribution in [1.29, 1.82) is 0 Å². The lowest BCUT2D eigenvalue weighted by Crippen LogP contribution is -2.42. The van der Waals surface area contributed by atoms with Gasteiger partial charge in [-0.1, -0.05) is 19.3 Å². The highest BCUT2D eigenvalue weighted by Gasteiger charge is 2.38. The molecule has 1 aliphatic carbocycles. The van der Waals surface area contributed by atoms with E-state index in [1.54, 1.807) is 0 Å². The van der Waals surface area contributed by atoms with Crippen LogP contribution in [0.15, 0.2) is 12.3 Å². The molecule has 4 heterocycles. The third-order valence-corrected chi connectivity index (χ3v) is 7.71. The summed E-state index contributed by atoms with van der Waals surface area (Å²) >= 11 is 0. The predicted octanol–water partition coefficient (Wildman–Crippen LogP) is 3.73. The Kier molecular flexibility index (Phi) is 5.10. The van der Waals surface area contributed by atoms with E-state index in [0.717, 1.165) is 50.0 Å². The third-order valence-electron chi connectivity index (χ3n) is 7.71. The molecule has 0 unspecified atom stereocenters. The van der Waals surface area contributed by atoms with Crippen LogP contribution in [0.1, 0.15) is 81.3 Å². The number of hydrogen-bond donors (Lipinski definition) is 0. The number of ether oxygens (including phenoxy) is 1. The van der Waals surface area contributed by atoms with Crippen molar-refractivity contribution in [2.24, 2.45) is 19.5 Å². The van der Waals surface area contributed by atoms with Crippen LogP contribution in [0, 0.1) is 5.41 Å². The van der Waals surface area contributed by atoms with Gasteiger partial charge < -0.3 is 14.2 Å². The van der Waals surface area contributed by atoms with Gasteiger partial charge in [0.2, 0.25) is 5.95 Å². The van der Waals surface area contributed by atoms with E-state index in [1.807, 2.05) is 17.9 Å². The summed E-state index contributed by atoms with van der Waals surface area (Å²) in [6.07, 6.45) is 13.7. The summed E-state index contributed by atoms with van der Waals surface area (Å²) in [4.78, 5) is 2.46. The molecule has 7 nitrogen and oxygen atoms in total. The van der Waals surface area contributed by atoms with E-state index in [4.69, 9.17) is 4.74 Å². The second-order valence-electron chi connectivity index (χ2n) is 9.38. The average molecular weight is 399 g/mol. The molecule has 3 aliphatic rings. The fourth-order valence-electron chi connectivity index (χ4n) is 5.91. The summed E-state index contributed by atoms with van der Waals surface area (Å²) in [6, 6.07) is 2.06. The number of nitrogens with zero attached hydrogens (tertiary/aromatic N) is 6. The van der Waals surface area contributed by atoms with Crippen LogP contribution in [0.2, 0.25) is 0 Å². The molecule has 2 aromatic rings. The zero-order valence-corrected chi connectivity index (χ0v) is 17.9. The molecule has 1 spiro atoms. The molecule has 7 heteroatoms. The van der Waals surface area contributed by atoms with E-state index < -0.39 is 0 Å². The average Bonchev–Trinajstić information content (AvgIpc) is 3.35. The maximum absolute atomic E-state index is 6.20. The summed E-state index contributed by atoms with van der Waals surface area (Å²) in [5.74, 6) is 2.30. The molecule has 0 amide bonds. The normalized spacial score (nSPS) is 27.4. The monoisotopic (exact) mass is 398 g/mol. The largest absolute Gasteiger partial charge is 0.371 e. The molecule has 0 radical (unpaired) electrons. The van der Waals surface area contributed by atoms with Crippen LogP contribution >= 0.6 is 0 Å². The number of rotatable bonds is 3. The highest BCUT2D eigenvalue weighted by molar-refractivity contribution is 5.33. The Morgan fingerprint density at radius 3 is 2.52 bits per heavy atom. The highest BCUT2D eigenvalue weighted by Crippen LogP contribution is 2.45. The van der Waals surface area contributed by atoms with Crippen LogP contribution < -0.4 is 4.90 Å². The highest BCUT2D eigenvalue weighted by atomic mass is 16.5. The quantitative estimate of drug-likeness (QED) is 0.788. The van der Waals surface area contributed by atoms with E-state index in [-0.39, 0.29) is 12.0 Å². The topological polar surface area (TPSA) is 61.0 Å². The molecule has 158 valence electrons. The third kappa shape index (κ3) is 3.47. The van der Waals surface area contributed by atoms with Crippen LogP contribution in [0.25, 0.3) is 0 Å². The van der Waals surface area contributed by atoms with E-state index in [2.05, 4.69) is 37.9 Å².